The number of carbonyl (C=O) groups is 3. The van der Waals surface area contributed by atoms with Gasteiger partial charge in [0.25, 0.3) is 0 Å². The predicted molar refractivity (Wildman–Crippen MR) is 132 cm³/mol. The number of Topliss-reactive ketones (excluding diaryl/α,β-unsaturated/α-hetero) is 1. The SMILES string of the molecule is C/C=C(\C)C(=O)OCC1=CC2C(=O)C3(C=C(C)C(O)C3(O)C1O)[C@H](C)C[C@@](CC)(OC(C)=O)C2(C)C. The molecular formula is C28H40O8. The van der Waals surface area contributed by atoms with E-state index in [9.17, 15) is 29.7 Å². The van der Waals surface area contributed by atoms with Gasteiger partial charge in [0, 0.05) is 23.8 Å². The third kappa shape index (κ3) is 3.63. The molecule has 3 N–H and O–H groups in total. The molecule has 7 atom stereocenters. The maximum atomic E-state index is 14.5. The number of esters is 2. The molecule has 0 radical (unpaired) electrons. The van der Waals surface area contributed by atoms with Crippen LogP contribution in [0, 0.1) is 22.7 Å². The first kappa shape index (κ1) is 28.3. The van der Waals surface area contributed by atoms with Gasteiger partial charge in [0.15, 0.2) is 5.78 Å². The van der Waals surface area contributed by atoms with Gasteiger partial charge < -0.3 is 24.8 Å². The molecule has 3 aliphatic carbocycles. The lowest BCUT2D eigenvalue weighted by molar-refractivity contribution is -0.193. The topological polar surface area (TPSA) is 130 Å². The summed E-state index contributed by atoms with van der Waals surface area (Å²) in [6.45, 7) is 13.2. The molecule has 1 fully saturated rings. The Morgan fingerprint density at radius 3 is 2.33 bits per heavy atom. The first-order valence-corrected chi connectivity index (χ1v) is 12.6. The number of fused-ring (bicyclic) bond motifs is 1. The standard InChI is InChI=1S/C28H40O8/c1-9-15(3)24(33)35-14-19-11-20-23(32)27(12-16(4)21(30)28(27,34)22(19)31)17(5)13-26(10-2,25(20,7)8)36-18(6)29/h9,11-12,17,20-22,30-31,34H,10,13-14H2,1-8H3/b15-9+/t17-,20?,21?,22?,26-,27?,28?/m1/s1. The molecule has 0 amide bonds. The van der Waals surface area contributed by atoms with E-state index in [1.807, 2.05) is 20.8 Å². The zero-order chi connectivity index (χ0) is 27.4. The van der Waals surface area contributed by atoms with Gasteiger partial charge in [0.1, 0.15) is 30.0 Å². The zero-order valence-corrected chi connectivity index (χ0v) is 22.5. The van der Waals surface area contributed by atoms with Crippen molar-refractivity contribution in [2.45, 2.75) is 91.6 Å². The summed E-state index contributed by atoms with van der Waals surface area (Å²) >= 11 is 0. The molecule has 36 heavy (non-hydrogen) atoms. The lowest BCUT2D eigenvalue weighted by Gasteiger charge is -2.49. The Labute approximate surface area is 213 Å². The first-order chi connectivity index (χ1) is 16.6. The highest BCUT2D eigenvalue weighted by atomic mass is 16.6. The third-order valence-electron chi connectivity index (χ3n) is 9.21. The van der Waals surface area contributed by atoms with Crippen LogP contribution in [0.4, 0.5) is 0 Å². The number of hydrogen-bond donors (Lipinski definition) is 3. The number of allylic oxidation sites excluding steroid dienone is 2. The molecular weight excluding hydrogens is 464 g/mol. The van der Waals surface area contributed by atoms with Crippen LogP contribution in [0.5, 0.6) is 0 Å². The van der Waals surface area contributed by atoms with Crippen molar-refractivity contribution in [2.24, 2.45) is 22.7 Å². The molecule has 0 aromatic carbocycles. The fourth-order valence-corrected chi connectivity index (χ4v) is 6.84. The molecule has 5 unspecified atom stereocenters. The summed E-state index contributed by atoms with van der Waals surface area (Å²) in [6.07, 6.45) is 2.16. The van der Waals surface area contributed by atoms with Crippen molar-refractivity contribution in [3.05, 3.63) is 34.9 Å². The Morgan fingerprint density at radius 2 is 1.81 bits per heavy atom. The summed E-state index contributed by atoms with van der Waals surface area (Å²) in [5.74, 6) is -2.98. The van der Waals surface area contributed by atoms with Crippen LogP contribution in [-0.4, -0.2) is 63.1 Å². The quantitative estimate of drug-likeness (QED) is 0.296. The molecule has 0 aromatic rings. The summed E-state index contributed by atoms with van der Waals surface area (Å²) in [7, 11) is 0. The molecule has 0 heterocycles. The monoisotopic (exact) mass is 504 g/mol. The van der Waals surface area contributed by atoms with Crippen LogP contribution in [0.25, 0.3) is 0 Å². The van der Waals surface area contributed by atoms with E-state index < -0.39 is 58.0 Å². The van der Waals surface area contributed by atoms with E-state index in [1.165, 1.54) is 6.92 Å². The van der Waals surface area contributed by atoms with Crippen molar-refractivity contribution in [1.29, 1.82) is 0 Å². The summed E-state index contributed by atoms with van der Waals surface area (Å²) in [5, 5.41) is 35.0. The van der Waals surface area contributed by atoms with Crippen molar-refractivity contribution in [3.8, 4) is 0 Å². The van der Waals surface area contributed by atoms with Gasteiger partial charge in [0.2, 0.25) is 0 Å². The fourth-order valence-electron chi connectivity index (χ4n) is 6.84. The van der Waals surface area contributed by atoms with E-state index in [1.54, 1.807) is 45.9 Å². The minimum absolute atomic E-state index is 0.118. The number of rotatable bonds is 5. The van der Waals surface area contributed by atoms with Crippen molar-refractivity contribution in [2.75, 3.05) is 6.61 Å². The highest BCUT2D eigenvalue weighted by molar-refractivity contribution is 5.95. The van der Waals surface area contributed by atoms with Gasteiger partial charge in [-0.3, -0.25) is 9.59 Å². The van der Waals surface area contributed by atoms with Crippen LogP contribution in [0.1, 0.15) is 68.2 Å². The summed E-state index contributed by atoms with van der Waals surface area (Å²) in [4.78, 5) is 39.2. The number of aliphatic hydroxyl groups is 3. The van der Waals surface area contributed by atoms with Gasteiger partial charge >= 0.3 is 11.9 Å². The smallest absolute Gasteiger partial charge is 0.333 e. The Balaban J connectivity index is 2.31. The van der Waals surface area contributed by atoms with E-state index in [-0.39, 0.29) is 24.4 Å². The van der Waals surface area contributed by atoms with Gasteiger partial charge in [-0.15, -0.1) is 0 Å². The molecule has 0 aliphatic heterocycles. The van der Waals surface area contributed by atoms with E-state index in [0.29, 0.717) is 17.6 Å². The van der Waals surface area contributed by atoms with Crippen LogP contribution >= 0.6 is 0 Å². The highest BCUT2D eigenvalue weighted by Gasteiger charge is 2.74. The minimum atomic E-state index is -2.30. The van der Waals surface area contributed by atoms with Crippen molar-refractivity contribution >= 4 is 17.7 Å². The average Bonchev–Trinajstić information content (AvgIpc) is 2.96. The third-order valence-corrected chi connectivity index (χ3v) is 9.21. The molecule has 0 saturated heterocycles. The average molecular weight is 505 g/mol. The van der Waals surface area contributed by atoms with Crippen LogP contribution in [0.2, 0.25) is 0 Å². The summed E-state index contributed by atoms with van der Waals surface area (Å²) in [6, 6.07) is 0. The van der Waals surface area contributed by atoms with Gasteiger partial charge in [-0.25, -0.2) is 4.79 Å². The van der Waals surface area contributed by atoms with Gasteiger partial charge in [-0.2, -0.15) is 0 Å². The number of hydrogen-bond acceptors (Lipinski definition) is 8. The Morgan fingerprint density at radius 1 is 1.19 bits per heavy atom. The Bertz CT molecular complexity index is 1050. The van der Waals surface area contributed by atoms with Crippen LogP contribution < -0.4 is 0 Å². The number of aliphatic hydroxyl groups excluding tert-OH is 2. The molecule has 1 saturated carbocycles. The van der Waals surface area contributed by atoms with Crippen LogP contribution in [0.15, 0.2) is 34.9 Å². The Kier molecular flexibility index (Phi) is 7.25. The zero-order valence-electron chi connectivity index (χ0n) is 22.5. The van der Waals surface area contributed by atoms with Crippen LogP contribution in [0.3, 0.4) is 0 Å². The maximum Gasteiger partial charge on any atom is 0.333 e. The molecule has 8 nitrogen and oxygen atoms in total. The summed E-state index contributed by atoms with van der Waals surface area (Å²) in [5.41, 5.74) is -5.13. The second kappa shape index (κ2) is 9.23. The normalized spacial score (nSPS) is 39.9. The van der Waals surface area contributed by atoms with Crippen molar-refractivity contribution in [1.82, 2.24) is 0 Å². The predicted octanol–water partition coefficient (Wildman–Crippen LogP) is 2.80. The molecule has 200 valence electrons. The second-order valence-corrected chi connectivity index (χ2v) is 11.3. The largest absolute Gasteiger partial charge is 0.459 e. The lowest BCUT2D eigenvalue weighted by atomic mass is 9.59. The van der Waals surface area contributed by atoms with E-state index >= 15 is 0 Å². The van der Waals surface area contributed by atoms with Crippen molar-refractivity contribution < 1.29 is 39.2 Å². The fraction of sp³-hybridized carbons (Fsp3) is 0.679. The van der Waals surface area contributed by atoms with E-state index in [2.05, 4.69) is 0 Å². The van der Waals surface area contributed by atoms with Gasteiger partial charge in [0.05, 0.1) is 5.41 Å². The van der Waals surface area contributed by atoms with Gasteiger partial charge in [-0.1, -0.05) is 45.9 Å². The minimum Gasteiger partial charge on any atom is -0.459 e. The van der Waals surface area contributed by atoms with Gasteiger partial charge in [-0.05, 0) is 50.7 Å². The molecule has 0 aromatic heterocycles. The summed E-state index contributed by atoms with van der Waals surface area (Å²) < 4.78 is 11.4. The van der Waals surface area contributed by atoms with Crippen molar-refractivity contribution in [3.63, 3.8) is 0 Å². The molecule has 8 heteroatoms. The maximum absolute atomic E-state index is 14.5. The molecule has 2 bridgehead atoms. The number of ether oxygens (including phenoxy) is 2. The lowest BCUT2D eigenvalue weighted by Crippen LogP contribution is -2.65. The molecule has 1 spiro atoms. The molecule has 3 aliphatic rings. The number of carbonyl (C=O) groups excluding carboxylic acids is 3. The highest BCUT2D eigenvalue weighted by Crippen LogP contribution is 2.64. The Hall–Kier alpha value is -2.29. The molecule has 3 rings (SSSR count). The van der Waals surface area contributed by atoms with E-state index in [4.69, 9.17) is 9.47 Å². The number of ketones is 1. The van der Waals surface area contributed by atoms with E-state index in [0.717, 1.165) is 0 Å². The first-order valence-electron chi connectivity index (χ1n) is 12.6. The second-order valence-electron chi connectivity index (χ2n) is 11.3. The van der Waals surface area contributed by atoms with Crippen LogP contribution in [-0.2, 0) is 23.9 Å².